The number of rotatable bonds is 12. The minimum atomic E-state index is 0.127. The van der Waals surface area contributed by atoms with Gasteiger partial charge in [-0.2, -0.15) is 0 Å². The van der Waals surface area contributed by atoms with Crippen LogP contribution in [0, 0.1) is 0 Å². The Morgan fingerprint density at radius 2 is 2.12 bits per heavy atom. The Morgan fingerprint density at radius 3 is 2.81 bits per heavy atom. The SMILES string of the molecule is C=CCOC(CC)CCN(C)CCCn1cc(C(C)=O)c2ccccc21. The molecule has 0 bridgehead atoms. The van der Waals surface area contributed by atoms with Crippen LogP contribution in [0.4, 0.5) is 0 Å². The van der Waals surface area contributed by atoms with E-state index in [1.54, 1.807) is 6.92 Å². The highest BCUT2D eigenvalue weighted by molar-refractivity contribution is 6.06. The van der Waals surface area contributed by atoms with Gasteiger partial charge < -0.3 is 14.2 Å². The fourth-order valence-corrected chi connectivity index (χ4v) is 3.31. The summed E-state index contributed by atoms with van der Waals surface area (Å²) in [6, 6.07) is 8.14. The van der Waals surface area contributed by atoms with E-state index >= 15 is 0 Å². The molecule has 1 aromatic heterocycles. The normalized spacial score (nSPS) is 12.6. The van der Waals surface area contributed by atoms with Crippen molar-refractivity contribution in [1.29, 1.82) is 0 Å². The highest BCUT2D eigenvalue weighted by Gasteiger charge is 2.12. The van der Waals surface area contributed by atoms with Gasteiger partial charge in [0.15, 0.2) is 5.78 Å². The summed E-state index contributed by atoms with van der Waals surface area (Å²) in [5.74, 6) is 0.127. The molecule has 0 aliphatic heterocycles. The average Bonchev–Trinajstić information content (AvgIpc) is 3.01. The maximum atomic E-state index is 11.9. The second kappa shape index (κ2) is 10.3. The van der Waals surface area contributed by atoms with Gasteiger partial charge in [0, 0.05) is 35.8 Å². The van der Waals surface area contributed by atoms with Gasteiger partial charge in [-0.25, -0.2) is 0 Å². The number of ketones is 1. The molecule has 142 valence electrons. The monoisotopic (exact) mass is 356 g/mol. The molecule has 0 saturated carbocycles. The van der Waals surface area contributed by atoms with E-state index in [4.69, 9.17) is 4.74 Å². The first-order valence-corrected chi connectivity index (χ1v) is 9.56. The van der Waals surface area contributed by atoms with E-state index in [1.807, 2.05) is 30.5 Å². The van der Waals surface area contributed by atoms with Crippen LogP contribution >= 0.6 is 0 Å². The number of aromatic nitrogens is 1. The lowest BCUT2D eigenvalue weighted by molar-refractivity contribution is 0.0580. The molecule has 4 heteroatoms. The van der Waals surface area contributed by atoms with Crippen molar-refractivity contribution in [3.8, 4) is 0 Å². The first-order chi connectivity index (χ1) is 12.6. The minimum Gasteiger partial charge on any atom is -0.374 e. The third-order valence-corrected chi connectivity index (χ3v) is 4.84. The van der Waals surface area contributed by atoms with E-state index in [2.05, 4.69) is 36.1 Å². The van der Waals surface area contributed by atoms with Crippen molar-refractivity contribution in [2.45, 2.75) is 45.8 Å². The molecule has 1 aromatic carbocycles. The summed E-state index contributed by atoms with van der Waals surface area (Å²) in [6.07, 6.45) is 7.25. The van der Waals surface area contributed by atoms with Crippen molar-refractivity contribution in [2.75, 3.05) is 26.7 Å². The van der Waals surface area contributed by atoms with Crippen LogP contribution < -0.4 is 0 Å². The van der Waals surface area contributed by atoms with Crippen LogP contribution in [0.5, 0.6) is 0 Å². The van der Waals surface area contributed by atoms with Gasteiger partial charge in [-0.3, -0.25) is 4.79 Å². The molecule has 0 spiro atoms. The van der Waals surface area contributed by atoms with Gasteiger partial charge in [0.05, 0.1) is 12.7 Å². The van der Waals surface area contributed by atoms with Crippen LogP contribution in [-0.2, 0) is 11.3 Å². The standard InChI is InChI=1S/C22H32N2O2/c1-5-16-26-19(6-2)12-15-23(4)13-9-14-24-17-21(18(3)25)20-10-7-8-11-22(20)24/h5,7-8,10-11,17,19H,1,6,9,12-16H2,2-4H3. The lowest BCUT2D eigenvalue weighted by Crippen LogP contribution is -2.26. The van der Waals surface area contributed by atoms with Crippen LogP contribution in [-0.4, -0.2) is 48.1 Å². The zero-order chi connectivity index (χ0) is 18.9. The van der Waals surface area contributed by atoms with Crippen molar-refractivity contribution in [2.24, 2.45) is 0 Å². The largest absolute Gasteiger partial charge is 0.374 e. The molecule has 0 saturated heterocycles. The molecular formula is C22H32N2O2. The second-order valence-corrected chi connectivity index (χ2v) is 6.91. The molecule has 26 heavy (non-hydrogen) atoms. The molecule has 0 fully saturated rings. The van der Waals surface area contributed by atoms with Crippen LogP contribution in [0.15, 0.2) is 43.1 Å². The molecular weight excluding hydrogens is 324 g/mol. The predicted molar refractivity (Wildman–Crippen MR) is 109 cm³/mol. The van der Waals surface area contributed by atoms with Crippen LogP contribution in [0.3, 0.4) is 0 Å². The number of fused-ring (bicyclic) bond motifs is 1. The Labute approximate surface area is 157 Å². The summed E-state index contributed by atoms with van der Waals surface area (Å²) in [4.78, 5) is 14.2. The summed E-state index contributed by atoms with van der Waals surface area (Å²) in [5, 5.41) is 1.05. The van der Waals surface area contributed by atoms with E-state index in [9.17, 15) is 4.79 Å². The van der Waals surface area contributed by atoms with Gasteiger partial charge in [-0.05, 0) is 45.8 Å². The fraction of sp³-hybridized carbons (Fsp3) is 0.500. The van der Waals surface area contributed by atoms with E-state index in [0.29, 0.717) is 12.7 Å². The Balaban J connectivity index is 1.85. The van der Waals surface area contributed by atoms with E-state index in [-0.39, 0.29) is 5.78 Å². The second-order valence-electron chi connectivity index (χ2n) is 6.91. The van der Waals surface area contributed by atoms with E-state index in [0.717, 1.165) is 55.4 Å². The molecule has 4 nitrogen and oxygen atoms in total. The van der Waals surface area contributed by atoms with Gasteiger partial charge in [0.1, 0.15) is 0 Å². The molecule has 2 rings (SSSR count). The zero-order valence-electron chi connectivity index (χ0n) is 16.4. The summed E-state index contributed by atoms with van der Waals surface area (Å²) in [7, 11) is 2.16. The first kappa shape index (κ1) is 20.4. The molecule has 0 N–H and O–H groups in total. The van der Waals surface area contributed by atoms with Crippen molar-refractivity contribution in [3.05, 3.63) is 48.7 Å². The van der Waals surface area contributed by atoms with E-state index in [1.165, 1.54) is 0 Å². The van der Waals surface area contributed by atoms with Crippen molar-refractivity contribution >= 4 is 16.7 Å². The summed E-state index contributed by atoms with van der Waals surface area (Å²) < 4.78 is 7.97. The molecule has 0 aliphatic rings. The molecule has 0 radical (unpaired) electrons. The quantitative estimate of drug-likeness (QED) is 0.414. The molecule has 1 atom stereocenters. The van der Waals surface area contributed by atoms with Crippen LogP contribution in [0.1, 0.15) is 43.5 Å². The molecule has 0 amide bonds. The average molecular weight is 357 g/mol. The highest BCUT2D eigenvalue weighted by Crippen LogP contribution is 2.22. The number of carbonyl (C=O) groups is 1. The van der Waals surface area contributed by atoms with Gasteiger partial charge in [-0.1, -0.05) is 31.2 Å². The number of ether oxygens (including phenoxy) is 1. The number of nitrogens with zero attached hydrogens (tertiary/aromatic N) is 2. The lowest BCUT2D eigenvalue weighted by Gasteiger charge is -2.21. The topological polar surface area (TPSA) is 34.5 Å². The van der Waals surface area contributed by atoms with Crippen LogP contribution in [0.2, 0.25) is 0 Å². The Kier molecular flexibility index (Phi) is 8.07. The number of benzene rings is 1. The molecule has 0 aliphatic carbocycles. The number of carbonyl (C=O) groups excluding carboxylic acids is 1. The van der Waals surface area contributed by atoms with Crippen molar-refractivity contribution in [3.63, 3.8) is 0 Å². The summed E-state index contributed by atoms with van der Waals surface area (Å²) >= 11 is 0. The summed E-state index contributed by atoms with van der Waals surface area (Å²) in [5.41, 5.74) is 1.96. The third kappa shape index (κ3) is 5.55. The number of para-hydroxylation sites is 1. The molecule has 2 aromatic rings. The van der Waals surface area contributed by atoms with Crippen molar-refractivity contribution < 1.29 is 9.53 Å². The Bertz CT molecular complexity index is 720. The van der Waals surface area contributed by atoms with Gasteiger partial charge in [-0.15, -0.1) is 6.58 Å². The maximum absolute atomic E-state index is 11.9. The van der Waals surface area contributed by atoms with Gasteiger partial charge in [0.25, 0.3) is 0 Å². The van der Waals surface area contributed by atoms with E-state index < -0.39 is 0 Å². The smallest absolute Gasteiger partial charge is 0.161 e. The van der Waals surface area contributed by atoms with Gasteiger partial charge in [0.2, 0.25) is 0 Å². The number of hydrogen-bond acceptors (Lipinski definition) is 3. The zero-order valence-corrected chi connectivity index (χ0v) is 16.4. The fourth-order valence-electron chi connectivity index (χ4n) is 3.31. The number of aryl methyl sites for hydroxylation is 1. The molecule has 1 unspecified atom stereocenters. The molecule has 1 heterocycles. The number of Topliss-reactive ketones (excluding diaryl/α,β-unsaturated/α-hetero) is 1. The minimum absolute atomic E-state index is 0.127. The van der Waals surface area contributed by atoms with Gasteiger partial charge >= 0.3 is 0 Å². The maximum Gasteiger partial charge on any atom is 0.161 e. The van der Waals surface area contributed by atoms with Crippen LogP contribution in [0.25, 0.3) is 10.9 Å². The predicted octanol–water partition coefficient (Wildman–Crippen LogP) is 4.54. The summed E-state index contributed by atoms with van der Waals surface area (Å²) in [6.45, 7) is 11.1. The number of hydrogen-bond donors (Lipinski definition) is 0. The third-order valence-electron chi connectivity index (χ3n) is 4.84. The highest BCUT2D eigenvalue weighted by atomic mass is 16.5. The Hall–Kier alpha value is -1.91. The van der Waals surface area contributed by atoms with Crippen molar-refractivity contribution in [1.82, 2.24) is 9.47 Å². The first-order valence-electron chi connectivity index (χ1n) is 9.56. The Morgan fingerprint density at radius 1 is 1.35 bits per heavy atom. The lowest BCUT2D eigenvalue weighted by atomic mass is 10.1.